The summed E-state index contributed by atoms with van der Waals surface area (Å²) in [5.41, 5.74) is 1.02. The Labute approximate surface area is 167 Å². The summed E-state index contributed by atoms with van der Waals surface area (Å²) in [5.74, 6) is 0. The van der Waals surface area contributed by atoms with E-state index in [-0.39, 0.29) is 22.2 Å². The molecule has 0 fully saturated rings. The monoisotopic (exact) mass is 418 g/mol. The minimum atomic E-state index is -3.70. The van der Waals surface area contributed by atoms with E-state index in [9.17, 15) is 13.2 Å². The van der Waals surface area contributed by atoms with Crippen LogP contribution in [0.3, 0.4) is 0 Å². The third-order valence-electron chi connectivity index (χ3n) is 4.99. The Kier molecular flexibility index (Phi) is 4.48. The Balaban J connectivity index is 2.04. The summed E-state index contributed by atoms with van der Waals surface area (Å²) in [6, 6.07) is 8.78. The number of thiophene rings is 1. The van der Waals surface area contributed by atoms with E-state index in [4.69, 9.17) is 4.74 Å². The first-order valence-electron chi connectivity index (χ1n) is 9.02. The fourth-order valence-corrected chi connectivity index (χ4v) is 5.44. The summed E-state index contributed by atoms with van der Waals surface area (Å²) >= 11 is 1.35. The Hall–Kier alpha value is -2.03. The van der Waals surface area contributed by atoms with Crippen molar-refractivity contribution in [3.05, 3.63) is 51.1 Å². The van der Waals surface area contributed by atoms with Gasteiger partial charge in [-0.3, -0.25) is 9.36 Å². The number of rotatable bonds is 2. The normalized spacial score (nSPS) is 17.6. The van der Waals surface area contributed by atoms with E-state index in [0.717, 1.165) is 16.7 Å². The number of para-hydroxylation sites is 1. The molecule has 3 aromatic rings. The molecule has 0 saturated heterocycles. The molecule has 0 bridgehead atoms. The Morgan fingerprint density at radius 3 is 2.50 bits per heavy atom. The second kappa shape index (κ2) is 6.50. The average molecular weight is 419 g/mol. The summed E-state index contributed by atoms with van der Waals surface area (Å²) < 4.78 is 32.0. The first-order valence-corrected chi connectivity index (χ1v) is 11.7. The van der Waals surface area contributed by atoms with Gasteiger partial charge in [0.25, 0.3) is 5.56 Å². The largest absolute Gasteiger partial charge is 0.372 e. The van der Waals surface area contributed by atoms with Crippen LogP contribution in [0.15, 0.2) is 40.3 Å². The van der Waals surface area contributed by atoms with E-state index in [2.05, 4.69) is 25.8 Å². The van der Waals surface area contributed by atoms with Crippen LogP contribution in [0.2, 0.25) is 0 Å². The summed E-state index contributed by atoms with van der Waals surface area (Å²) in [4.78, 5) is 19.3. The van der Waals surface area contributed by atoms with Crippen LogP contribution >= 0.6 is 11.3 Å². The Bertz CT molecular complexity index is 1220. The van der Waals surface area contributed by atoms with Crippen molar-refractivity contribution < 1.29 is 13.2 Å². The second-order valence-electron chi connectivity index (χ2n) is 8.20. The maximum Gasteiger partial charge on any atom is 0.267 e. The van der Waals surface area contributed by atoms with Gasteiger partial charge in [-0.15, -0.1) is 11.3 Å². The van der Waals surface area contributed by atoms with Crippen LogP contribution in [0.5, 0.6) is 0 Å². The lowest BCUT2D eigenvalue weighted by Crippen LogP contribution is -2.34. The number of ether oxygens (including phenoxy) is 1. The lowest BCUT2D eigenvalue weighted by molar-refractivity contribution is -0.0355. The fourth-order valence-electron chi connectivity index (χ4n) is 3.50. The average Bonchev–Trinajstić information content (AvgIpc) is 2.98. The molecular weight excluding hydrogens is 396 g/mol. The van der Waals surface area contributed by atoms with E-state index >= 15 is 0 Å². The quantitative estimate of drug-likeness (QED) is 0.597. The van der Waals surface area contributed by atoms with Crippen molar-refractivity contribution >= 4 is 31.4 Å². The first kappa shape index (κ1) is 19.3. The minimum absolute atomic E-state index is 0.0167. The molecule has 6 nitrogen and oxygen atoms in total. The van der Waals surface area contributed by atoms with Crippen molar-refractivity contribution in [2.75, 3.05) is 6.26 Å². The molecule has 1 aliphatic heterocycles. The maximum atomic E-state index is 13.5. The first-order chi connectivity index (χ1) is 13.1. The lowest BCUT2D eigenvalue weighted by atomic mass is 9.84. The zero-order chi connectivity index (χ0) is 20.3. The molecule has 1 aromatic carbocycles. The molecule has 0 spiro atoms. The molecule has 0 saturated carbocycles. The van der Waals surface area contributed by atoms with Gasteiger partial charge in [0.05, 0.1) is 23.8 Å². The highest BCUT2D eigenvalue weighted by Gasteiger charge is 2.34. The molecule has 3 heterocycles. The van der Waals surface area contributed by atoms with Gasteiger partial charge in [-0.2, -0.15) is 0 Å². The highest BCUT2D eigenvalue weighted by atomic mass is 32.2. The van der Waals surface area contributed by atoms with Crippen LogP contribution in [-0.2, 0) is 27.6 Å². The van der Waals surface area contributed by atoms with Gasteiger partial charge < -0.3 is 4.74 Å². The number of hydrogen-bond acceptors (Lipinski definition) is 6. The molecule has 148 valence electrons. The van der Waals surface area contributed by atoms with E-state index in [1.54, 1.807) is 24.3 Å². The minimum Gasteiger partial charge on any atom is -0.372 e. The van der Waals surface area contributed by atoms with Gasteiger partial charge in [0.15, 0.2) is 0 Å². The highest BCUT2D eigenvalue weighted by molar-refractivity contribution is 7.90. The number of nitrogens with zero attached hydrogens (tertiary/aromatic N) is 2. The van der Waals surface area contributed by atoms with Crippen molar-refractivity contribution in [1.82, 2.24) is 9.55 Å². The predicted octanol–water partition coefficient (Wildman–Crippen LogP) is 3.34. The Morgan fingerprint density at radius 2 is 1.89 bits per heavy atom. The van der Waals surface area contributed by atoms with Crippen LogP contribution in [0, 0.1) is 5.41 Å². The van der Waals surface area contributed by atoms with Crippen molar-refractivity contribution in [3.8, 4) is 5.69 Å². The van der Waals surface area contributed by atoms with Gasteiger partial charge >= 0.3 is 0 Å². The molecule has 0 radical (unpaired) electrons. The second-order valence-corrected chi connectivity index (χ2v) is 11.2. The number of hydrogen-bond donors (Lipinski definition) is 0. The molecule has 8 heteroatoms. The van der Waals surface area contributed by atoms with Gasteiger partial charge in [0, 0.05) is 17.6 Å². The van der Waals surface area contributed by atoms with E-state index < -0.39 is 9.84 Å². The van der Waals surface area contributed by atoms with Gasteiger partial charge in [-0.1, -0.05) is 39.0 Å². The van der Waals surface area contributed by atoms with Crippen molar-refractivity contribution in [2.24, 2.45) is 5.41 Å². The van der Waals surface area contributed by atoms with Gasteiger partial charge in [0.1, 0.15) is 4.83 Å². The number of fused-ring (bicyclic) bond motifs is 3. The van der Waals surface area contributed by atoms with Gasteiger partial charge in [-0.25, -0.2) is 13.4 Å². The molecular formula is C20H22N2O4S2. The van der Waals surface area contributed by atoms with Crippen LogP contribution in [-0.4, -0.2) is 30.3 Å². The number of benzene rings is 1. The number of aromatic nitrogens is 2. The molecule has 1 unspecified atom stereocenters. The fraction of sp³-hybridized carbons (Fsp3) is 0.400. The summed E-state index contributed by atoms with van der Waals surface area (Å²) in [6.45, 7) is 6.75. The zero-order valence-electron chi connectivity index (χ0n) is 16.2. The highest BCUT2D eigenvalue weighted by Crippen LogP contribution is 2.38. The van der Waals surface area contributed by atoms with Crippen molar-refractivity contribution in [1.29, 1.82) is 0 Å². The van der Waals surface area contributed by atoms with Crippen LogP contribution < -0.4 is 5.56 Å². The molecule has 0 amide bonds. The van der Waals surface area contributed by atoms with Gasteiger partial charge in [0.2, 0.25) is 15.0 Å². The van der Waals surface area contributed by atoms with E-state index in [1.165, 1.54) is 15.9 Å². The predicted molar refractivity (Wildman–Crippen MR) is 110 cm³/mol. The lowest BCUT2D eigenvalue weighted by Gasteiger charge is -2.33. The maximum absolute atomic E-state index is 13.5. The van der Waals surface area contributed by atoms with Crippen molar-refractivity contribution in [3.63, 3.8) is 0 Å². The summed E-state index contributed by atoms with van der Waals surface area (Å²) in [7, 11) is -3.70. The third kappa shape index (κ3) is 3.19. The van der Waals surface area contributed by atoms with Gasteiger partial charge in [-0.05, 0) is 23.1 Å². The molecule has 1 aliphatic rings. The molecule has 0 N–H and O–H groups in total. The molecule has 2 aromatic heterocycles. The summed E-state index contributed by atoms with van der Waals surface area (Å²) in [5, 5.41) is 0.275. The molecule has 1 atom stereocenters. The van der Waals surface area contributed by atoms with Crippen LogP contribution in [0.1, 0.15) is 31.2 Å². The summed E-state index contributed by atoms with van der Waals surface area (Å²) in [6.07, 6.45) is 1.67. The van der Waals surface area contributed by atoms with Crippen LogP contribution in [0.4, 0.5) is 0 Å². The van der Waals surface area contributed by atoms with E-state index in [0.29, 0.717) is 28.9 Å². The molecule has 4 rings (SSSR count). The van der Waals surface area contributed by atoms with E-state index in [1.807, 2.05) is 6.07 Å². The SMILES string of the molecule is CC(C)(C)C1Cc2c(sc3nc(S(C)(=O)=O)n(-c4ccccc4)c(=O)c23)CO1. The molecule has 0 aliphatic carbocycles. The van der Waals surface area contributed by atoms with Crippen LogP contribution in [0.25, 0.3) is 15.9 Å². The Morgan fingerprint density at radius 1 is 1.21 bits per heavy atom. The topological polar surface area (TPSA) is 78.3 Å². The molecule has 28 heavy (non-hydrogen) atoms. The smallest absolute Gasteiger partial charge is 0.267 e. The standard InChI is InChI=1S/C20H22N2O4S2/c1-20(2,3)15-10-13-14(11-26-15)27-17-16(13)18(23)22(12-8-6-5-7-9-12)19(21-17)28(4,24)25/h5-9,15H,10-11H2,1-4H3. The van der Waals surface area contributed by atoms with Crippen molar-refractivity contribution in [2.45, 2.75) is 45.1 Å². The number of sulfone groups is 1. The zero-order valence-corrected chi connectivity index (χ0v) is 17.9. The third-order valence-corrected chi connectivity index (χ3v) is 7.03.